The van der Waals surface area contributed by atoms with E-state index in [0.717, 1.165) is 18.6 Å². The minimum atomic E-state index is -0.950. The van der Waals surface area contributed by atoms with Gasteiger partial charge in [0.2, 0.25) is 0 Å². The molecular formula is C12H20N2O3S2. The Balaban J connectivity index is 2.16. The summed E-state index contributed by atoms with van der Waals surface area (Å²) in [7, 11) is 0. The highest BCUT2D eigenvalue weighted by atomic mass is 32.2. The van der Waals surface area contributed by atoms with Crippen molar-refractivity contribution in [2.75, 3.05) is 5.75 Å². The first-order valence-electron chi connectivity index (χ1n) is 6.42. The van der Waals surface area contributed by atoms with Crippen molar-refractivity contribution in [1.82, 2.24) is 4.90 Å². The molecule has 19 heavy (non-hydrogen) atoms. The molecule has 0 spiro atoms. The molecule has 0 aliphatic carbocycles. The van der Waals surface area contributed by atoms with Gasteiger partial charge in [0, 0.05) is 4.75 Å². The van der Waals surface area contributed by atoms with Gasteiger partial charge in [-0.1, -0.05) is 13.3 Å². The molecule has 3 atom stereocenters. The topological polar surface area (TPSA) is 83.6 Å². The third-order valence-electron chi connectivity index (χ3n) is 3.61. The summed E-state index contributed by atoms with van der Waals surface area (Å²) in [6.45, 7) is 5.81. The third kappa shape index (κ3) is 2.15. The van der Waals surface area contributed by atoms with E-state index >= 15 is 0 Å². The number of rotatable bonds is 5. The quantitative estimate of drug-likeness (QED) is 0.453. The summed E-state index contributed by atoms with van der Waals surface area (Å²) in [5, 5.41) is 9.09. The molecule has 2 rings (SSSR count). The number of hydrogen-bond acceptors (Lipinski definition) is 5. The van der Waals surface area contributed by atoms with Gasteiger partial charge in [-0.25, -0.2) is 4.79 Å². The predicted octanol–water partition coefficient (Wildman–Crippen LogP) is 1.32. The standard InChI is InChI=1S/C12H20N2O3S2/c1-4-5-6-18-12(13)9(17)14-7(8(15)16)11(2,3)19-10(12)14/h7,10H,4-6,13H2,1-3H3,(H,15,16)/t7-,10+,12?/m0/s1. The number of carboxylic acid groups (broad SMARTS) is 1. The zero-order valence-electron chi connectivity index (χ0n) is 11.4. The van der Waals surface area contributed by atoms with Crippen LogP contribution < -0.4 is 5.73 Å². The lowest BCUT2D eigenvalue weighted by Gasteiger charge is -2.50. The van der Waals surface area contributed by atoms with Gasteiger partial charge in [0.25, 0.3) is 5.91 Å². The van der Waals surface area contributed by atoms with Gasteiger partial charge in [0.05, 0.1) is 0 Å². The number of β-lactam (4-membered cyclic amide) rings is 1. The van der Waals surface area contributed by atoms with E-state index in [0.29, 0.717) is 0 Å². The molecule has 5 nitrogen and oxygen atoms in total. The van der Waals surface area contributed by atoms with Gasteiger partial charge in [-0.2, -0.15) is 0 Å². The lowest BCUT2D eigenvalue weighted by atomic mass is 9.96. The van der Waals surface area contributed by atoms with E-state index in [1.165, 1.54) is 28.4 Å². The maximum Gasteiger partial charge on any atom is 0.327 e. The molecule has 3 N–H and O–H groups in total. The van der Waals surface area contributed by atoms with Crippen LogP contribution >= 0.6 is 23.5 Å². The first-order chi connectivity index (χ1) is 8.75. The van der Waals surface area contributed by atoms with Crippen molar-refractivity contribution in [3.63, 3.8) is 0 Å². The average Bonchev–Trinajstić information content (AvgIpc) is 2.59. The smallest absolute Gasteiger partial charge is 0.327 e. The summed E-state index contributed by atoms with van der Waals surface area (Å²) < 4.78 is -0.501. The van der Waals surface area contributed by atoms with Gasteiger partial charge in [0.1, 0.15) is 11.4 Å². The lowest BCUT2D eigenvalue weighted by molar-refractivity contribution is -0.160. The van der Waals surface area contributed by atoms with Gasteiger partial charge in [-0.05, 0) is 26.0 Å². The summed E-state index contributed by atoms with van der Waals surface area (Å²) >= 11 is 2.96. The van der Waals surface area contributed by atoms with Gasteiger partial charge in [-0.15, -0.1) is 23.5 Å². The Morgan fingerprint density at radius 1 is 1.58 bits per heavy atom. The van der Waals surface area contributed by atoms with Gasteiger partial charge < -0.3 is 15.7 Å². The van der Waals surface area contributed by atoms with Gasteiger partial charge >= 0.3 is 5.97 Å². The zero-order valence-corrected chi connectivity index (χ0v) is 13.0. The highest BCUT2D eigenvalue weighted by molar-refractivity contribution is 8.06. The summed E-state index contributed by atoms with van der Waals surface area (Å²) in [5.41, 5.74) is 6.21. The van der Waals surface area contributed by atoms with Crippen molar-refractivity contribution >= 4 is 35.4 Å². The molecule has 0 aromatic carbocycles. The third-order valence-corrected chi connectivity index (χ3v) is 6.78. The van der Waals surface area contributed by atoms with Crippen LogP contribution in [-0.4, -0.2) is 48.7 Å². The molecule has 2 aliphatic heterocycles. The van der Waals surface area contributed by atoms with E-state index < -0.39 is 21.6 Å². The molecule has 7 heteroatoms. The molecule has 2 fully saturated rings. The van der Waals surface area contributed by atoms with Crippen molar-refractivity contribution in [1.29, 1.82) is 0 Å². The van der Waals surface area contributed by atoms with Crippen molar-refractivity contribution < 1.29 is 14.7 Å². The molecular weight excluding hydrogens is 284 g/mol. The van der Waals surface area contributed by atoms with E-state index in [-0.39, 0.29) is 11.3 Å². The van der Waals surface area contributed by atoms with Crippen LogP contribution in [-0.2, 0) is 9.59 Å². The fourth-order valence-corrected chi connectivity index (χ4v) is 5.70. The Labute approximate surface area is 121 Å². The molecule has 1 unspecified atom stereocenters. The predicted molar refractivity (Wildman–Crippen MR) is 78.0 cm³/mol. The molecule has 1 amide bonds. The lowest BCUT2D eigenvalue weighted by Crippen LogP contribution is -2.76. The van der Waals surface area contributed by atoms with Gasteiger partial charge in [-0.3, -0.25) is 4.79 Å². The van der Waals surface area contributed by atoms with Crippen LogP contribution in [0.25, 0.3) is 0 Å². The molecule has 2 saturated heterocycles. The number of nitrogens with two attached hydrogens (primary N) is 1. The number of amides is 1. The molecule has 0 aromatic rings. The Morgan fingerprint density at radius 3 is 2.74 bits per heavy atom. The number of carbonyl (C=O) groups excluding carboxylic acids is 1. The van der Waals surface area contributed by atoms with E-state index in [1.54, 1.807) is 0 Å². The van der Waals surface area contributed by atoms with E-state index in [4.69, 9.17) is 5.73 Å². The molecule has 0 aromatic heterocycles. The number of hydrogen-bond donors (Lipinski definition) is 2. The summed E-state index contributed by atoms with van der Waals surface area (Å²) in [4.78, 5) is 24.1. The van der Waals surface area contributed by atoms with Crippen molar-refractivity contribution in [3.05, 3.63) is 0 Å². The van der Waals surface area contributed by atoms with E-state index in [9.17, 15) is 14.7 Å². The van der Waals surface area contributed by atoms with Gasteiger partial charge in [0.15, 0.2) is 4.87 Å². The van der Waals surface area contributed by atoms with Crippen LogP contribution in [0.3, 0.4) is 0 Å². The van der Waals surface area contributed by atoms with Crippen LogP contribution in [0.15, 0.2) is 0 Å². The zero-order chi connectivity index (χ0) is 14.4. The number of carboxylic acids is 1. The van der Waals surface area contributed by atoms with Crippen LogP contribution in [0.5, 0.6) is 0 Å². The normalized spacial score (nSPS) is 36.0. The van der Waals surface area contributed by atoms with E-state index in [1.807, 2.05) is 13.8 Å². The van der Waals surface area contributed by atoms with E-state index in [2.05, 4.69) is 6.92 Å². The number of carbonyl (C=O) groups is 2. The Hall–Kier alpha value is -0.400. The minimum absolute atomic E-state index is 0.224. The molecule has 2 heterocycles. The fraction of sp³-hybridized carbons (Fsp3) is 0.833. The highest BCUT2D eigenvalue weighted by Gasteiger charge is 2.70. The Morgan fingerprint density at radius 2 is 2.21 bits per heavy atom. The fourth-order valence-electron chi connectivity index (χ4n) is 2.57. The highest BCUT2D eigenvalue weighted by Crippen LogP contribution is 2.57. The van der Waals surface area contributed by atoms with Crippen LogP contribution in [0.1, 0.15) is 33.6 Å². The summed E-state index contributed by atoms with van der Waals surface area (Å²) in [5.74, 6) is -0.347. The maximum atomic E-state index is 12.3. The van der Waals surface area contributed by atoms with Crippen molar-refractivity contribution in [3.8, 4) is 0 Å². The second-order valence-corrected chi connectivity index (χ2v) is 8.63. The van der Waals surface area contributed by atoms with Crippen molar-refractivity contribution in [2.45, 2.75) is 54.6 Å². The average molecular weight is 304 g/mol. The SMILES string of the molecule is CCCCSC1(N)C(=O)N2[C@@H](C(=O)O)C(C)(C)S[C@@H]21. The second-order valence-electron chi connectivity index (χ2n) is 5.52. The molecule has 2 aliphatic rings. The number of aliphatic carboxylic acids is 1. The minimum Gasteiger partial charge on any atom is -0.480 e. The second kappa shape index (κ2) is 4.86. The Kier molecular flexibility index (Phi) is 3.83. The van der Waals surface area contributed by atoms with Crippen LogP contribution in [0, 0.1) is 0 Å². The molecule has 0 radical (unpaired) electrons. The first kappa shape index (κ1) is 15.0. The Bertz CT molecular complexity index is 416. The molecule has 108 valence electrons. The monoisotopic (exact) mass is 304 g/mol. The largest absolute Gasteiger partial charge is 0.480 e. The van der Waals surface area contributed by atoms with Crippen LogP contribution in [0.2, 0.25) is 0 Å². The summed E-state index contributed by atoms with van der Waals surface area (Å²) in [6, 6.07) is -0.779. The maximum absolute atomic E-state index is 12.3. The number of unbranched alkanes of at least 4 members (excludes halogenated alkanes) is 1. The first-order valence-corrected chi connectivity index (χ1v) is 8.28. The summed E-state index contributed by atoms with van der Waals surface area (Å²) in [6.07, 6.45) is 2.07. The molecule has 0 bridgehead atoms. The number of fused-ring (bicyclic) bond motifs is 1. The van der Waals surface area contributed by atoms with Crippen molar-refractivity contribution in [2.24, 2.45) is 5.73 Å². The number of nitrogens with zero attached hydrogens (tertiary/aromatic N) is 1. The number of thioether (sulfide) groups is 2. The molecule has 0 saturated carbocycles. The van der Waals surface area contributed by atoms with Crippen LogP contribution in [0.4, 0.5) is 0 Å².